The smallest absolute Gasteiger partial charge is 0.0724 e. The van der Waals surface area contributed by atoms with E-state index < -0.39 is 0 Å². The molecule has 1 aromatic rings. The average Bonchev–Trinajstić information content (AvgIpc) is 2.45. The second-order valence-electron chi connectivity index (χ2n) is 5.45. The fraction of sp³-hybridized carbons (Fsp3) is 0.600. The lowest BCUT2D eigenvalue weighted by Crippen LogP contribution is -2.47. The van der Waals surface area contributed by atoms with E-state index in [9.17, 15) is 0 Å². The van der Waals surface area contributed by atoms with Gasteiger partial charge < -0.3 is 10.5 Å². The van der Waals surface area contributed by atoms with E-state index in [1.807, 2.05) is 12.1 Å². The van der Waals surface area contributed by atoms with Gasteiger partial charge >= 0.3 is 0 Å². The average molecular weight is 317 g/mol. The summed E-state index contributed by atoms with van der Waals surface area (Å²) in [5.74, 6) is 0.574. The molecule has 1 aromatic carbocycles. The number of piperidine rings is 1. The molecule has 3 nitrogen and oxygen atoms in total. The molecule has 20 heavy (non-hydrogen) atoms. The van der Waals surface area contributed by atoms with Crippen molar-refractivity contribution in [2.24, 2.45) is 11.7 Å². The molecule has 1 heterocycles. The van der Waals surface area contributed by atoms with Gasteiger partial charge in [-0.2, -0.15) is 0 Å². The standard InChI is InChI=1S/C15H22Cl2N2O/c1-10-5-6-19(9-15(10)20-2)14(8-18)12-7-11(16)3-4-13(12)17/h3-4,7,10,14-15H,5-6,8-9,18H2,1-2H3. The summed E-state index contributed by atoms with van der Waals surface area (Å²) in [6.45, 7) is 4.63. The molecule has 0 saturated carbocycles. The minimum Gasteiger partial charge on any atom is -0.380 e. The van der Waals surface area contributed by atoms with E-state index in [0.717, 1.165) is 30.1 Å². The van der Waals surface area contributed by atoms with Gasteiger partial charge in [0.25, 0.3) is 0 Å². The zero-order chi connectivity index (χ0) is 14.7. The molecule has 1 aliphatic rings. The van der Waals surface area contributed by atoms with Crippen LogP contribution in [0.2, 0.25) is 10.0 Å². The van der Waals surface area contributed by atoms with E-state index in [1.54, 1.807) is 13.2 Å². The first-order valence-electron chi connectivity index (χ1n) is 6.98. The van der Waals surface area contributed by atoms with Crippen molar-refractivity contribution in [1.29, 1.82) is 0 Å². The highest BCUT2D eigenvalue weighted by atomic mass is 35.5. The Morgan fingerprint density at radius 3 is 2.85 bits per heavy atom. The van der Waals surface area contributed by atoms with Crippen LogP contribution in [0.5, 0.6) is 0 Å². The number of hydrogen-bond acceptors (Lipinski definition) is 3. The monoisotopic (exact) mass is 316 g/mol. The van der Waals surface area contributed by atoms with E-state index in [4.69, 9.17) is 33.7 Å². The van der Waals surface area contributed by atoms with Gasteiger partial charge in [-0.1, -0.05) is 30.1 Å². The lowest BCUT2D eigenvalue weighted by atomic mass is 9.93. The third-order valence-electron chi connectivity index (χ3n) is 4.20. The zero-order valence-electron chi connectivity index (χ0n) is 12.0. The first-order chi connectivity index (χ1) is 9.56. The normalized spacial score (nSPS) is 25.6. The van der Waals surface area contributed by atoms with Gasteiger partial charge in [0.1, 0.15) is 0 Å². The Balaban J connectivity index is 2.21. The first kappa shape index (κ1) is 16.1. The molecule has 2 rings (SSSR count). The van der Waals surface area contributed by atoms with E-state index >= 15 is 0 Å². The molecule has 3 atom stereocenters. The van der Waals surface area contributed by atoms with Gasteiger partial charge in [-0.3, -0.25) is 4.90 Å². The Kier molecular flexibility index (Phi) is 5.70. The van der Waals surface area contributed by atoms with Gasteiger partial charge in [0.15, 0.2) is 0 Å². The van der Waals surface area contributed by atoms with Crippen LogP contribution in [-0.2, 0) is 4.74 Å². The Bertz CT molecular complexity index is 455. The summed E-state index contributed by atoms with van der Waals surface area (Å²) in [5, 5.41) is 1.41. The lowest BCUT2D eigenvalue weighted by Gasteiger charge is -2.40. The molecular formula is C15H22Cl2N2O. The topological polar surface area (TPSA) is 38.5 Å². The van der Waals surface area contributed by atoms with Crippen LogP contribution in [0.3, 0.4) is 0 Å². The molecule has 1 saturated heterocycles. The molecule has 2 N–H and O–H groups in total. The molecule has 1 aliphatic heterocycles. The van der Waals surface area contributed by atoms with Gasteiger partial charge in [-0.05, 0) is 42.6 Å². The molecule has 0 aromatic heterocycles. The highest BCUT2D eigenvalue weighted by Gasteiger charge is 2.31. The predicted octanol–water partition coefficient (Wildman–Crippen LogP) is 3.35. The summed E-state index contributed by atoms with van der Waals surface area (Å²) in [5.41, 5.74) is 7.00. The highest BCUT2D eigenvalue weighted by Crippen LogP contribution is 2.32. The maximum atomic E-state index is 6.32. The third kappa shape index (κ3) is 3.46. The van der Waals surface area contributed by atoms with Gasteiger partial charge in [0.2, 0.25) is 0 Å². The molecule has 0 aliphatic carbocycles. The molecule has 112 valence electrons. The van der Waals surface area contributed by atoms with E-state index in [2.05, 4.69) is 11.8 Å². The summed E-state index contributed by atoms with van der Waals surface area (Å²) >= 11 is 12.4. The number of nitrogens with zero attached hydrogens (tertiary/aromatic N) is 1. The second-order valence-corrected chi connectivity index (χ2v) is 6.30. The molecular weight excluding hydrogens is 295 g/mol. The third-order valence-corrected chi connectivity index (χ3v) is 4.78. The van der Waals surface area contributed by atoms with Gasteiger partial charge in [0.05, 0.1) is 6.10 Å². The maximum absolute atomic E-state index is 6.32. The molecule has 0 spiro atoms. The fourth-order valence-electron chi connectivity index (χ4n) is 2.89. The van der Waals surface area contributed by atoms with Crippen molar-refractivity contribution in [3.63, 3.8) is 0 Å². The van der Waals surface area contributed by atoms with Crippen LogP contribution in [-0.4, -0.2) is 37.7 Å². The molecule has 0 bridgehead atoms. The van der Waals surface area contributed by atoms with Gasteiger partial charge in [0, 0.05) is 36.3 Å². The van der Waals surface area contributed by atoms with Crippen molar-refractivity contribution in [2.45, 2.75) is 25.5 Å². The Morgan fingerprint density at radius 2 is 2.20 bits per heavy atom. The maximum Gasteiger partial charge on any atom is 0.0724 e. The largest absolute Gasteiger partial charge is 0.380 e. The van der Waals surface area contributed by atoms with E-state index in [1.165, 1.54) is 0 Å². The van der Waals surface area contributed by atoms with Gasteiger partial charge in [-0.25, -0.2) is 0 Å². The van der Waals surface area contributed by atoms with Crippen molar-refractivity contribution >= 4 is 23.2 Å². The van der Waals surface area contributed by atoms with Crippen molar-refractivity contribution < 1.29 is 4.74 Å². The number of benzene rings is 1. The number of rotatable bonds is 4. The SMILES string of the molecule is COC1CN(C(CN)c2cc(Cl)ccc2Cl)CCC1C. The molecule has 0 amide bonds. The number of ether oxygens (including phenoxy) is 1. The Morgan fingerprint density at radius 1 is 1.45 bits per heavy atom. The van der Waals surface area contributed by atoms with Crippen LogP contribution < -0.4 is 5.73 Å². The number of nitrogens with two attached hydrogens (primary N) is 1. The van der Waals surface area contributed by atoms with Crippen LogP contribution in [0.15, 0.2) is 18.2 Å². The summed E-state index contributed by atoms with van der Waals surface area (Å²) in [6, 6.07) is 5.65. The quantitative estimate of drug-likeness (QED) is 0.925. The summed E-state index contributed by atoms with van der Waals surface area (Å²) in [6.07, 6.45) is 1.35. The summed E-state index contributed by atoms with van der Waals surface area (Å²) in [4.78, 5) is 2.35. The fourth-order valence-corrected chi connectivity index (χ4v) is 3.31. The minimum absolute atomic E-state index is 0.0892. The van der Waals surface area contributed by atoms with Crippen molar-refractivity contribution in [3.8, 4) is 0 Å². The molecule has 1 fully saturated rings. The van der Waals surface area contributed by atoms with Crippen LogP contribution in [0.25, 0.3) is 0 Å². The van der Waals surface area contributed by atoms with Crippen molar-refractivity contribution in [3.05, 3.63) is 33.8 Å². The zero-order valence-corrected chi connectivity index (χ0v) is 13.5. The molecule has 5 heteroatoms. The number of halogens is 2. The Hall–Kier alpha value is -0.320. The number of likely N-dealkylation sites (tertiary alicyclic amines) is 1. The second kappa shape index (κ2) is 7.10. The van der Waals surface area contributed by atoms with Crippen LogP contribution in [0, 0.1) is 5.92 Å². The van der Waals surface area contributed by atoms with Crippen LogP contribution >= 0.6 is 23.2 Å². The van der Waals surface area contributed by atoms with E-state index in [0.29, 0.717) is 17.5 Å². The van der Waals surface area contributed by atoms with Crippen LogP contribution in [0.4, 0.5) is 0 Å². The predicted molar refractivity (Wildman–Crippen MR) is 84.4 cm³/mol. The van der Waals surface area contributed by atoms with Crippen molar-refractivity contribution in [1.82, 2.24) is 4.90 Å². The highest BCUT2D eigenvalue weighted by molar-refractivity contribution is 6.33. The Labute approximate surface area is 131 Å². The minimum atomic E-state index is 0.0892. The summed E-state index contributed by atoms with van der Waals surface area (Å²) < 4.78 is 5.58. The van der Waals surface area contributed by atoms with Gasteiger partial charge in [-0.15, -0.1) is 0 Å². The number of methoxy groups -OCH3 is 1. The first-order valence-corrected chi connectivity index (χ1v) is 7.74. The van der Waals surface area contributed by atoms with E-state index in [-0.39, 0.29) is 12.1 Å². The number of hydrogen-bond donors (Lipinski definition) is 1. The lowest BCUT2D eigenvalue weighted by molar-refractivity contribution is -0.0183. The van der Waals surface area contributed by atoms with Crippen LogP contribution in [0.1, 0.15) is 24.9 Å². The molecule has 3 unspecified atom stereocenters. The summed E-state index contributed by atoms with van der Waals surface area (Å²) in [7, 11) is 1.77. The molecule has 0 radical (unpaired) electrons. The van der Waals surface area contributed by atoms with Crippen molar-refractivity contribution in [2.75, 3.05) is 26.7 Å².